The minimum absolute atomic E-state index is 0.0355. The molecular weight excluding hydrogens is 316 g/mol. The zero-order chi connectivity index (χ0) is 17.8. The molecule has 25 heavy (non-hydrogen) atoms. The first-order valence-electron chi connectivity index (χ1n) is 9.24. The summed E-state index contributed by atoms with van der Waals surface area (Å²) in [5, 5.41) is 2.92. The summed E-state index contributed by atoms with van der Waals surface area (Å²) in [6.07, 6.45) is 3.62. The predicted molar refractivity (Wildman–Crippen MR) is 96.0 cm³/mol. The molecule has 1 saturated heterocycles. The second-order valence-electron chi connectivity index (χ2n) is 7.25. The molecule has 0 bridgehead atoms. The number of carbonyl (C=O) groups excluding carboxylic acids is 2. The molecule has 5 nitrogen and oxygen atoms in total. The van der Waals surface area contributed by atoms with E-state index in [4.69, 9.17) is 4.74 Å². The van der Waals surface area contributed by atoms with Gasteiger partial charge in [-0.2, -0.15) is 0 Å². The maximum absolute atomic E-state index is 12.8. The van der Waals surface area contributed by atoms with Gasteiger partial charge >= 0.3 is 0 Å². The van der Waals surface area contributed by atoms with Crippen molar-refractivity contribution in [3.05, 3.63) is 35.4 Å². The van der Waals surface area contributed by atoms with Crippen LogP contribution in [0.25, 0.3) is 0 Å². The van der Waals surface area contributed by atoms with Gasteiger partial charge in [-0.15, -0.1) is 0 Å². The first kappa shape index (κ1) is 17.9. The number of nitrogens with one attached hydrogen (secondary N) is 1. The number of methoxy groups -OCH3 is 1. The quantitative estimate of drug-likeness (QED) is 0.807. The van der Waals surface area contributed by atoms with Crippen molar-refractivity contribution < 1.29 is 14.3 Å². The highest BCUT2D eigenvalue weighted by Crippen LogP contribution is 2.39. The Bertz CT molecular complexity index is 627. The Balaban J connectivity index is 1.72. The van der Waals surface area contributed by atoms with E-state index in [1.807, 2.05) is 11.0 Å². The predicted octanol–water partition coefficient (Wildman–Crippen LogP) is 2.45. The van der Waals surface area contributed by atoms with Crippen molar-refractivity contribution in [2.45, 2.75) is 38.6 Å². The van der Waals surface area contributed by atoms with E-state index in [0.29, 0.717) is 19.7 Å². The lowest BCUT2D eigenvalue weighted by Gasteiger charge is -2.40. The van der Waals surface area contributed by atoms with Gasteiger partial charge in [0.05, 0.1) is 18.6 Å². The molecule has 1 heterocycles. The lowest BCUT2D eigenvalue weighted by Crippen LogP contribution is -2.47. The van der Waals surface area contributed by atoms with Gasteiger partial charge in [0, 0.05) is 26.1 Å². The summed E-state index contributed by atoms with van der Waals surface area (Å²) < 4.78 is 4.99. The number of amides is 2. The zero-order valence-corrected chi connectivity index (χ0v) is 15.2. The fourth-order valence-corrected chi connectivity index (χ4v) is 3.64. The number of aryl methyl sites for hydroxylation is 1. The number of benzene rings is 1. The Labute approximate surface area is 149 Å². The number of nitrogens with zero attached hydrogens (tertiary/aromatic N) is 1. The van der Waals surface area contributed by atoms with Crippen LogP contribution in [0.1, 0.15) is 42.9 Å². The Kier molecular flexibility index (Phi) is 5.74. The zero-order valence-electron chi connectivity index (χ0n) is 15.2. The summed E-state index contributed by atoms with van der Waals surface area (Å²) in [4.78, 5) is 27.2. The molecule has 2 fully saturated rings. The van der Waals surface area contributed by atoms with Gasteiger partial charge < -0.3 is 15.0 Å². The molecule has 5 heteroatoms. The van der Waals surface area contributed by atoms with Crippen LogP contribution < -0.4 is 5.32 Å². The third-order valence-electron chi connectivity index (χ3n) is 5.19. The van der Waals surface area contributed by atoms with E-state index in [1.165, 1.54) is 11.1 Å². The van der Waals surface area contributed by atoms with Crippen LogP contribution in [0.4, 0.5) is 0 Å². The molecule has 0 spiro atoms. The molecular formula is C20H28N2O3. The summed E-state index contributed by atoms with van der Waals surface area (Å²) >= 11 is 0. The molecule has 1 aliphatic heterocycles. The minimum Gasteiger partial charge on any atom is -0.383 e. The van der Waals surface area contributed by atoms with E-state index in [-0.39, 0.29) is 29.7 Å². The second-order valence-corrected chi connectivity index (χ2v) is 7.25. The van der Waals surface area contributed by atoms with Crippen LogP contribution in [0.3, 0.4) is 0 Å². The average Bonchev–Trinajstić information content (AvgIpc) is 3.46. The first-order valence-corrected chi connectivity index (χ1v) is 9.24. The smallest absolute Gasteiger partial charge is 0.226 e. The van der Waals surface area contributed by atoms with Crippen LogP contribution in [0, 0.1) is 18.8 Å². The number of piperidine rings is 1. The molecule has 2 unspecified atom stereocenters. The Morgan fingerprint density at radius 2 is 1.96 bits per heavy atom. The third-order valence-corrected chi connectivity index (χ3v) is 5.19. The first-order chi connectivity index (χ1) is 12.1. The van der Waals surface area contributed by atoms with E-state index in [1.54, 1.807) is 7.11 Å². The summed E-state index contributed by atoms with van der Waals surface area (Å²) in [6, 6.07) is 8.48. The number of hydrogen-bond donors (Lipinski definition) is 1. The van der Waals surface area contributed by atoms with E-state index in [2.05, 4.69) is 30.4 Å². The van der Waals surface area contributed by atoms with Crippen molar-refractivity contribution in [1.82, 2.24) is 10.2 Å². The topological polar surface area (TPSA) is 58.6 Å². The number of rotatable bonds is 6. The molecule has 2 aliphatic rings. The lowest BCUT2D eigenvalue weighted by molar-refractivity contribution is -0.140. The monoisotopic (exact) mass is 344 g/mol. The van der Waals surface area contributed by atoms with Crippen molar-refractivity contribution in [2.24, 2.45) is 11.8 Å². The van der Waals surface area contributed by atoms with E-state index in [9.17, 15) is 9.59 Å². The van der Waals surface area contributed by atoms with Gasteiger partial charge in [-0.05, 0) is 38.2 Å². The minimum atomic E-state index is -0.124. The molecule has 1 N–H and O–H groups in total. The number of ether oxygens (including phenoxy) is 1. The molecule has 0 radical (unpaired) electrons. The van der Waals surface area contributed by atoms with Crippen molar-refractivity contribution in [3.8, 4) is 0 Å². The standard InChI is InChI=1S/C20H28N2O3/c1-14-4-3-5-16(12-14)18-9-8-17(19(23)21-10-11-25-2)13-22(18)20(24)15-6-7-15/h3-5,12,15,17-18H,6-11,13H2,1-2H3,(H,21,23). The van der Waals surface area contributed by atoms with Crippen LogP contribution in [0.2, 0.25) is 0 Å². The van der Waals surface area contributed by atoms with E-state index < -0.39 is 0 Å². The van der Waals surface area contributed by atoms with Crippen LogP contribution >= 0.6 is 0 Å². The Hall–Kier alpha value is -1.88. The van der Waals surface area contributed by atoms with Crippen molar-refractivity contribution in [3.63, 3.8) is 0 Å². The third kappa shape index (κ3) is 4.40. The van der Waals surface area contributed by atoms with Crippen LogP contribution in [-0.4, -0.2) is 43.5 Å². The Morgan fingerprint density at radius 3 is 2.64 bits per heavy atom. The van der Waals surface area contributed by atoms with Crippen LogP contribution in [-0.2, 0) is 14.3 Å². The van der Waals surface area contributed by atoms with Gasteiger partial charge in [-0.3, -0.25) is 9.59 Å². The number of hydrogen-bond acceptors (Lipinski definition) is 3. The molecule has 0 aromatic heterocycles. The highest BCUT2D eigenvalue weighted by atomic mass is 16.5. The lowest BCUT2D eigenvalue weighted by atomic mass is 9.87. The second kappa shape index (κ2) is 8.00. The summed E-state index contributed by atoms with van der Waals surface area (Å²) in [5.74, 6) is 0.303. The van der Waals surface area contributed by atoms with Crippen LogP contribution in [0.5, 0.6) is 0 Å². The molecule has 3 rings (SSSR count). The normalized spacial score (nSPS) is 23.4. The fourth-order valence-electron chi connectivity index (χ4n) is 3.64. The summed E-state index contributed by atoms with van der Waals surface area (Å²) in [6.45, 7) is 3.62. The molecule has 1 saturated carbocycles. The number of likely N-dealkylation sites (tertiary alicyclic amines) is 1. The molecule has 1 aromatic rings. The van der Waals surface area contributed by atoms with Crippen LogP contribution in [0.15, 0.2) is 24.3 Å². The fraction of sp³-hybridized carbons (Fsp3) is 0.600. The van der Waals surface area contributed by atoms with E-state index >= 15 is 0 Å². The van der Waals surface area contributed by atoms with Crippen molar-refractivity contribution in [1.29, 1.82) is 0 Å². The molecule has 2 atom stereocenters. The van der Waals surface area contributed by atoms with Gasteiger partial charge in [0.1, 0.15) is 0 Å². The number of carbonyl (C=O) groups is 2. The molecule has 136 valence electrons. The van der Waals surface area contributed by atoms with Gasteiger partial charge in [-0.1, -0.05) is 29.8 Å². The largest absolute Gasteiger partial charge is 0.383 e. The molecule has 1 aliphatic carbocycles. The SMILES string of the molecule is COCCNC(=O)C1CCC(c2cccc(C)c2)N(C(=O)C2CC2)C1. The van der Waals surface area contributed by atoms with Gasteiger partial charge in [0.25, 0.3) is 0 Å². The highest BCUT2D eigenvalue weighted by Gasteiger charge is 2.41. The summed E-state index contributed by atoms with van der Waals surface area (Å²) in [7, 11) is 1.62. The average molecular weight is 344 g/mol. The van der Waals surface area contributed by atoms with Crippen molar-refractivity contribution >= 4 is 11.8 Å². The van der Waals surface area contributed by atoms with Gasteiger partial charge in [-0.25, -0.2) is 0 Å². The highest BCUT2D eigenvalue weighted by molar-refractivity contribution is 5.84. The maximum atomic E-state index is 12.8. The van der Waals surface area contributed by atoms with Crippen molar-refractivity contribution in [2.75, 3.05) is 26.8 Å². The molecule has 2 amide bonds. The summed E-state index contributed by atoms with van der Waals surface area (Å²) in [5.41, 5.74) is 2.39. The molecule has 1 aromatic carbocycles. The van der Waals surface area contributed by atoms with Gasteiger partial charge in [0.2, 0.25) is 11.8 Å². The van der Waals surface area contributed by atoms with Gasteiger partial charge in [0.15, 0.2) is 0 Å². The Morgan fingerprint density at radius 1 is 1.20 bits per heavy atom. The van der Waals surface area contributed by atoms with E-state index in [0.717, 1.165) is 25.7 Å². The maximum Gasteiger partial charge on any atom is 0.226 e.